The summed E-state index contributed by atoms with van der Waals surface area (Å²) in [6.07, 6.45) is 0.909. The number of carbonyl (C=O) groups excluding carboxylic acids is 1. The Morgan fingerprint density at radius 3 is 3.00 bits per heavy atom. The Bertz CT molecular complexity index is 331. The number of thioether (sulfide) groups is 1. The molecular formula is C8H14N4O3S. The van der Waals surface area contributed by atoms with Gasteiger partial charge in [0.25, 0.3) is 0 Å². The summed E-state index contributed by atoms with van der Waals surface area (Å²) in [5.41, 5.74) is 0. The molecule has 1 heterocycles. The van der Waals surface area contributed by atoms with Crippen LogP contribution in [0.2, 0.25) is 0 Å². The normalized spacial score (nSPS) is 10.4. The van der Waals surface area contributed by atoms with Gasteiger partial charge in [-0.3, -0.25) is 4.79 Å². The van der Waals surface area contributed by atoms with E-state index in [1.54, 1.807) is 7.11 Å². The van der Waals surface area contributed by atoms with Gasteiger partial charge in [0.2, 0.25) is 5.16 Å². The zero-order valence-corrected chi connectivity index (χ0v) is 10.1. The summed E-state index contributed by atoms with van der Waals surface area (Å²) >= 11 is 1.49. The van der Waals surface area contributed by atoms with Crippen molar-refractivity contribution in [2.75, 3.05) is 26.6 Å². The second-order valence-electron chi connectivity index (χ2n) is 2.89. The minimum Gasteiger partial charge on any atom is -0.468 e. The maximum absolute atomic E-state index is 11.0. The number of carbonyl (C=O) groups is 1. The number of aromatic nitrogens is 4. The lowest BCUT2D eigenvalue weighted by molar-refractivity contribution is -0.141. The van der Waals surface area contributed by atoms with E-state index in [2.05, 4.69) is 20.3 Å². The summed E-state index contributed by atoms with van der Waals surface area (Å²) in [6, 6.07) is 0. The molecule has 0 aliphatic rings. The lowest BCUT2D eigenvalue weighted by atomic mass is 10.5. The van der Waals surface area contributed by atoms with E-state index in [1.807, 2.05) is 0 Å². The van der Waals surface area contributed by atoms with E-state index in [9.17, 15) is 4.79 Å². The third-order valence-electron chi connectivity index (χ3n) is 1.73. The van der Waals surface area contributed by atoms with Gasteiger partial charge in [-0.2, -0.15) is 0 Å². The van der Waals surface area contributed by atoms with Gasteiger partial charge in [0.1, 0.15) is 6.54 Å². The molecule has 0 aliphatic carbocycles. The van der Waals surface area contributed by atoms with E-state index in [0.29, 0.717) is 11.8 Å². The van der Waals surface area contributed by atoms with Gasteiger partial charge in [0, 0.05) is 19.5 Å². The molecule has 16 heavy (non-hydrogen) atoms. The maximum Gasteiger partial charge on any atom is 0.327 e. The molecule has 7 nitrogen and oxygen atoms in total. The first kappa shape index (κ1) is 12.9. The van der Waals surface area contributed by atoms with Crippen molar-refractivity contribution >= 4 is 17.7 Å². The van der Waals surface area contributed by atoms with E-state index in [0.717, 1.165) is 12.2 Å². The minimum atomic E-state index is -0.369. The van der Waals surface area contributed by atoms with Crippen LogP contribution in [0.3, 0.4) is 0 Å². The van der Waals surface area contributed by atoms with E-state index in [-0.39, 0.29) is 12.5 Å². The summed E-state index contributed by atoms with van der Waals surface area (Å²) in [7, 11) is 2.99. The van der Waals surface area contributed by atoms with Crippen LogP contribution in [0.25, 0.3) is 0 Å². The van der Waals surface area contributed by atoms with Gasteiger partial charge in [-0.15, -0.1) is 5.10 Å². The van der Waals surface area contributed by atoms with Crippen molar-refractivity contribution in [3.8, 4) is 0 Å². The minimum absolute atomic E-state index is 0.0378. The Labute approximate surface area is 97.5 Å². The predicted octanol–water partition coefficient (Wildman–Crippen LogP) is -0.0253. The fourth-order valence-electron chi connectivity index (χ4n) is 0.953. The van der Waals surface area contributed by atoms with Crippen molar-refractivity contribution in [2.45, 2.75) is 18.1 Å². The Balaban J connectivity index is 2.41. The number of ether oxygens (including phenoxy) is 2. The standard InChI is InChI=1S/C8H14N4O3S/c1-14-4-3-5-16-8-9-10-11-12(8)6-7(13)15-2/h3-6H2,1-2H3. The third-order valence-corrected chi connectivity index (χ3v) is 2.77. The molecule has 0 aromatic carbocycles. The Kier molecular flexibility index (Phi) is 5.79. The molecule has 1 rings (SSSR count). The quantitative estimate of drug-likeness (QED) is 0.380. The van der Waals surface area contributed by atoms with Gasteiger partial charge in [-0.25, -0.2) is 4.68 Å². The lowest BCUT2D eigenvalue weighted by Crippen LogP contribution is -2.13. The number of esters is 1. The molecule has 0 amide bonds. The Hall–Kier alpha value is -1.15. The van der Waals surface area contributed by atoms with Crippen LogP contribution < -0.4 is 0 Å². The summed E-state index contributed by atoms with van der Waals surface area (Å²) < 4.78 is 10.9. The van der Waals surface area contributed by atoms with E-state index >= 15 is 0 Å². The van der Waals surface area contributed by atoms with Gasteiger partial charge in [-0.05, 0) is 16.8 Å². The molecular weight excluding hydrogens is 232 g/mol. The van der Waals surface area contributed by atoms with Crippen LogP contribution >= 0.6 is 11.8 Å². The fraction of sp³-hybridized carbons (Fsp3) is 0.750. The highest BCUT2D eigenvalue weighted by Crippen LogP contribution is 2.14. The largest absolute Gasteiger partial charge is 0.468 e. The molecule has 8 heteroatoms. The van der Waals surface area contributed by atoms with Crippen molar-refractivity contribution < 1.29 is 14.3 Å². The topological polar surface area (TPSA) is 79.1 Å². The van der Waals surface area contributed by atoms with Gasteiger partial charge < -0.3 is 9.47 Å². The number of rotatable bonds is 7. The SMILES string of the molecule is COCCCSc1nnnn1CC(=O)OC. The summed E-state index contributed by atoms with van der Waals surface area (Å²) in [5.74, 6) is 0.473. The first-order valence-corrected chi connectivity index (χ1v) is 5.71. The molecule has 0 saturated carbocycles. The molecule has 0 aliphatic heterocycles. The van der Waals surface area contributed by atoms with Crippen molar-refractivity contribution in [1.82, 2.24) is 20.2 Å². The Morgan fingerprint density at radius 2 is 2.31 bits per heavy atom. The third kappa shape index (κ3) is 4.15. The molecule has 1 aromatic heterocycles. The van der Waals surface area contributed by atoms with Crippen LogP contribution in [0, 0.1) is 0 Å². The van der Waals surface area contributed by atoms with Crippen LogP contribution in [0.4, 0.5) is 0 Å². The summed E-state index contributed by atoms with van der Waals surface area (Å²) in [6.45, 7) is 0.738. The van der Waals surface area contributed by atoms with Gasteiger partial charge in [0.15, 0.2) is 0 Å². The van der Waals surface area contributed by atoms with E-state index < -0.39 is 0 Å². The van der Waals surface area contributed by atoms with Crippen LogP contribution in [0.5, 0.6) is 0 Å². The molecule has 90 valence electrons. The van der Waals surface area contributed by atoms with Crippen LogP contribution in [-0.4, -0.2) is 52.8 Å². The molecule has 0 spiro atoms. The van der Waals surface area contributed by atoms with Gasteiger partial charge in [-0.1, -0.05) is 11.8 Å². The summed E-state index contributed by atoms with van der Waals surface area (Å²) in [4.78, 5) is 11.0. The molecule has 0 N–H and O–H groups in total. The van der Waals surface area contributed by atoms with Gasteiger partial charge in [0.05, 0.1) is 7.11 Å². The molecule has 0 unspecified atom stereocenters. The average Bonchev–Trinajstić information content (AvgIpc) is 2.72. The van der Waals surface area contributed by atoms with E-state index in [4.69, 9.17) is 4.74 Å². The monoisotopic (exact) mass is 246 g/mol. The van der Waals surface area contributed by atoms with Crippen LogP contribution in [0.15, 0.2) is 5.16 Å². The summed E-state index contributed by atoms with van der Waals surface area (Å²) in [5, 5.41) is 11.6. The zero-order valence-electron chi connectivity index (χ0n) is 9.25. The molecule has 0 fully saturated rings. The Morgan fingerprint density at radius 1 is 1.50 bits per heavy atom. The first-order chi connectivity index (χ1) is 7.77. The second-order valence-corrected chi connectivity index (χ2v) is 3.95. The van der Waals surface area contributed by atoms with Crippen molar-refractivity contribution in [3.05, 3.63) is 0 Å². The van der Waals surface area contributed by atoms with Crippen LogP contribution in [-0.2, 0) is 20.8 Å². The van der Waals surface area contributed by atoms with Crippen molar-refractivity contribution in [3.63, 3.8) is 0 Å². The molecule has 0 bridgehead atoms. The lowest BCUT2D eigenvalue weighted by Gasteiger charge is -2.02. The predicted molar refractivity (Wildman–Crippen MR) is 57.1 cm³/mol. The molecule has 0 saturated heterocycles. The van der Waals surface area contributed by atoms with Crippen molar-refractivity contribution in [2.24, 2.45) is 0 Å². The molecule has 1 aromatic rings. The number of hydrogen-bond donors (Lipinski definition) is 0. The molecule has 0 atom stereocenters. The average molecular weight is 246 g/mol. The number of hydrogen-bond acceptors (Lipinski definition) is 7. The smallest absolute Gasteiger partial charge is 0.327 e. The fourth-order valence-corrected chi connectivity index (χ4v) is 1.74. The number of nitrogens with zero attached hydrogens (tertiary/aromatic N) is 4. The highest BCUT2D eigenvalue weighted by atomic mass is 32.2. The van der Waals surface area contributed by atoms with Gasteiger partial charge >= 0.3 is 5.97 Å². The number of tetrazole rings is 1. The second kappa shape index (κ2) is 7.18. The molecule has 0 radical (unpaired) electrons. The highest BCUT2D eigenvalue weighted by Gasteiger charge is 2.10. The maximum atomic E-state index is 11.0. The first-order valence-electron chi connectivity index (χ1n) is 4.72. The van der Waals surface area contributed by atoms with E-state index in [1.165, 1.54) is 23.6 Å². The number of methoxy groups -OCH3 is 2. The zero-order chi connectivity index (χ0) is 11.8. The van der Waals surface area contributed by atoms with Crippen molar-refractivity contribution in [1.29, 1.82) is 0 Å². The van der Waals surface area contributed by atoms with Crippen LogP contribution in [0.1, 0.15) is 6.42 Å². The highest BCUT2D eigenvalue weighted by molar-refractivity contribution is 7.99.